The molecule has 0 bridgehead atoms. The van der Waals surface area contributed by atoms with Crippen LogP contribution in [-0.2, 0) is 16.0 Å². The Bertz CT molecular complexity index is 509. The Balaban J connectivity index is 2.37. The minimum Gasteiger partial charge on any atom is -0.469 e. The molecule has 15 heavy (non-hydrogen) atoms. The van der Waals surface area contributed by atoms with Gasteiger partial charge in [0.25, 0.3) is 0 Å². The Hall–Kier alpha value is -1.43. The van der Waals surface area contributed by atoms with Crippen molar-refractivity contribution in [3.63, 3.8) is 0 Å². The number of rotatable bonds is 2. The van der Waals surface area contributed by atoms with Crippen molar-refractivity contribution in [2.45, 2.75) is 6.42 Å². The van der Waals surface area contributed by atoms with Gasteiger partial charge < -0.3 is 4.74 Å². The van der Waals surface area contributed by atoms with Crippen LogP contribution >= 0.6 is 15.9 Å². The number of methoxy groups -OCH3 is 1. The first-order chi connectivity index (χ1) is 7.20. The van der Waals surface area contributed by atoms with Gasteiger partial charge in [0.15, 0.2) is 5.82 Å². The molecule has 2 aromatic rings. The third-order valence-electron chi connectivity index (χ3n) is 1.93. The van der Waals surface area contributed by atoms with Gasteiger partial charge in [-0.05, 0) is 28.1 Å². The number of nitrogens with zero attached hydrogens (tertiary/aromatic N) is 3. The third-order valence-corrected chi connectivity index (χ3v) is 2.53. The van der Waals surface area contributed by atoms with Crippen molar-refractivity contribution >= 4 is 27.4 Å². The second kappa shape index (κ2) is 3.98. The summed E-state index contributed by atoms with van der Waals surface area (Å²) in [5, 5.41) is 4.18. The lowest BCUT2D eigenvalue weighted by Crippen LogP contribution is -2.10. The van der Waals surface area contributed by atoms with Crippen LogP contribution in [0.15, 0.2) is 22.9 Å². The second-order valence-electron chi connectivity index (χ2n) is 2.92. The first-order valence-electron chi connectivity index (χ1n) is 4.26. The van der Waals surface area contributed by atoms with Crippen LogP contribution in [0.3, 0.4) is 0 Å². The Labute approximate surface area is 94.2 Å². The summed E-state index contributed by atoms with van der Waals surface area (Å²) in [5.74, 6) is 0.0869. The maximum absolute atomic E-state index is 11.0. The molecule has 6 heteroatoms. The normalized spacial score (nSPS) is 10.5. The van der Waals surface area contributed by atoms with Gasteiger partial charge in [-0.15, -0.1) is 0 Å². The van der Waals surface area contributed by atoms with E-state index in [0.29, 0.717) is 5.82 Å². The zero-order valence-corrected chi connectivity index (χ0v) is 9.56. The fraction of sp³-hybridized carbons (Fsp3) is 0.222. The molecule has 2 aromatic heterocycles. The fourth-order valence-electron chi connectivity index (χ4n) is 1.19. The van der Waals surface area contributed by atoms with Crippen LogP contribution in [0.5, 0.6) is 0 Å². The third kappa shape index (κ3) is 1.99. The average molecular weight is 270 g/mol. The molecule has 2 rings (SSSR count). The summed E-state index contributed by atoms with van der Waals surface area (Å²) in [4.78, 5) is 15.1. The Morgan fingerprint density at radius 3 is 3.13 bits per heavy atom. The molecule has 0 radical (unpaired) electrons. The largest absolute Gasteiger partial charge is 0.469 e. The fourth-order valence-corrected chi connectivity index (χ4v) is 1.60. The van der Waals surface area contributed by atoms with E-state index in [4.69, 9.17) is 0 Å². The summed E-state index contributed by atoms with van der Waals surface area (Å²) < 4.78 is 7.03. The molecule has 0 saturated carbocycles. The predicted molar refractivity (Wildman–Crippen MR) is 56.4 cm³/mol. The van der Waals surface area contributed by atoms with Gasteiger partial charge in [0.2, 0.25) is 0 Å². The molecule has 0 N–H and O–H groups in total. The number of carbonyl (C=O) groups is 1. The first kappa shape index (κ1) is 10.1. The Kier molecular flexibility index (Phi) is 2.68. The molecule has 0 aliphatic heterocycles. The van der Waals surface area contributed by atoms with Crippen LogP contribution in [-0.4, -0.2) is 27.7 Å². The van der Waals surface area contributed by atoms with E-state index in [0.717, 1.165) is 10.1 Å². The highest BCUT2D eigenvalue weighted by atomic mass is 79.9. The molecular weight excluding hydrogens is 262 g/mol. The van der Waals surface area contributed by atoms with E-state index in [1.54, 1.807) is 10.7 Å². The molecule has 0 fully saturated rings. The molecule has 0 amide bonds. The van der Waals surface area contributed by atoms with Gasteiger partial charge >= 0.3 is 5.97 Å². The minimum absolute atomic E-state index is 0.0804. The smallest absolute Gasteiger partial charge is 0.313 e. The molecule has 0 aromatic carbocycles. The van der Waals surface area contributed by atoms with Crippen LogP contribution < -0.4 is 0 Å². The highest BCUT2D eigenvalue weighted by Crippen LogP contribution is 2.13. The van der Waals surface area contributed by atoms with Crippen molar-refractivity contribution in [3.05, 3.63) is 28.8 Å². The number of halogens is 1. The Morgan fingerprint density at radius 1 is 1.60 bits per heavy atom. The maximum atomic E-state index is 11.0. The zero-order chi connectivity index (χ0) is 10.8. The molecule has 0 spiro atoms. The molecule has 0 aliphatic rings. The molecule has 0 unspecified atom stereocenters. The van der Waals surface area contributed by atoms with Gasteiger partial charge in [-0.2, -0.15) is 5.10 Å². The lowest BCUT2D eigenvalue weighted by molar-refractivity contribution is -0.139. The topological polar surface area (TPSA) is 56.5 Å². The molecule has 5 nitrogen and oxygen atoms in total. The summed E-state index contributed by atoms with van der Waals surface area (Å²) in [5.41, 5.74) is 0.871. The number of fused-ring (bicyclic) bond motifs is 1. The average Bonchev–Trinajstić information content (AvgIpc) is 2.60. The van der Waals surface area contributed by atoms with E-state index >= 15 is 0 Å². The molecular formula is C9H8BrN3O2. The van der Waals surface area contributed by atoms with E-state index in [9.17, 15) is 4.79 Å². The number of hydrogen-bond donors (Lipinski definition) is 0. The Morgan fingerprint density at radius 2 is 2.40 bits per heavy atom. The van der Waals surface area contributed by atoms with Gasteiger partial charge in [0.05, 0.1) is 18.8 Å². The van der Waals surface area contributed by atoms with Gasteiger partial charge in [-0.25, -0.2) is 9.50 Å². The van der Waals surface area contributed by atoms with Gasteiger partial charge in [-0.1, -0.05) is 0 Å². The summed E-state index contributed by atoms with van der Waals surface area (Å²) in [6.45, 7) is 0. The number of hydrogen-bond acceptors (Lipinski definition) is 4. The number of aromatic nitrogens is 3. The molecule has 0 aliphatic carbocycles. The van der Waals surface area contributed by atoms with E-state index in [1.165, 1.54) is 7.11 Å². The van der Waals surface area contributed by atoms with Gasteiger partial charge in [0.1, 0.15) is 11.0 Å². The van der Waals surface area contributed by atoms with Crippen molar-refractivity contribution in [2.24, 2.45) is 0 Å². The highest BCUT2D eigenvalue weighted by Gasteiger charge is 2.07. The van der Waals surface area contributed by atoms with Crippen LogP contribution in [0.2, 0.25) is 0 Å². The lowest BCUT2D eigenvalue weighted by Gasteiger charge is -2.00. The van der Waals surface area contributed by atoms with Crippen LogP contribution in [0.4, 0.5) is 0 Å². The van der Waals surface area contributed by atoms with Crippen molar-refractivity contribution < 1.29 is 9.53 Å². The summed E-state index contributed by atoms with van der Waals surface area (Å²) >= 11 is 3.34. The second-order valence-corrected chi connectivity index (χ2v) is 3.73. The van der Waals surface area contributed by atoms with E-state index in [1.807, 2.05) is 12.1 Å². The molecule has 78 valence electrons. The number of ether oxygens (including phenoxy) is 1. The number of carbonyl (C=O) groups excluding carboxylic acids is 1. The lowest BCUT2D eigenvalue weighted by atomic mass is 10.4. The summed E-state index contributed by atoms with van der Waals surface area (Å²) in [7, 11) is 1.34. The van der Waals surface area contributed by atoms with Crippen LogP contribution in [0.1, 0.15) is 5.82 Å². The molecule has 2 heterocycles. The van der Waals surface area contributed by atoms with Crippen LogP contribution in [0, 0.1) is 0 Å². The monoisotopic (exact) mass is 269 g/mol. The minimum atomic E-state index is -0.349. The summed E-state index contributed by atoms with van der Waals surface area (Å²) in [6.07, 6.45) is 1.74. The molecule has 0 atom stereocenters. The van der Waals surface area contributed by atoms with Gasteiger partial charge in [0, 0.05) is 0 Å². The maximum Gasteiger partial charge on any atom is 0.313 e. The van der Waals surface area contributed by atoms with E-state index < -0.39 is 0 Å². The van der Waals surface area contributed by atoms with Gasteiger partial charge in [-0.3, -0.25) is 4.79 Å². The van der Waals surface area contributed by atoms with Crippen molar-refractivity contribution in [3.8, 4) is 0 Å². The van der Waals surface area contributed by atoms with Crippen molar-refractivity contribution in [2.75, 3.05) is 7.11 Å². The highest BCUT2D eigenvalue weighted by molar-refractivity contribution is 9.10. The van der Waals surface area contributed by atoms with E-state index in [2.05, 4.69) is 30.7 Å². The quantitative estimate of drug-likeness (QED) is 0.769. The standard InChI is InChI=1S/C9H8BrN3O2/c1-15-9(14)4-8-11-5-6-2-3-7(10)13(6)12-8/h2-3,5H,4H2,1H3. The van der Waals surface area contributed by atoms with Crippen molar-refractivity contribution in [1.82, 2.24) is 14.6 Å². The van der Waals surface area contributed by atoms with Crippen molar-refractivity contribution in [1.29, 1.82) is 0 Å². The predicted octanol–water partition coefficient (Wildman–Crippen LogP) is 1.21. The van der Waals surface area contributed by atoms with Crippen LogP contribution in [0.25, 0.3) is 5.52 Å². The summed E-state index contributed by atoms with van der Waals surface area (Å²) in [6, 6.07) is 3.75. The molecule has 0 saturated heterocycles. The number of esters is 1. The zero-order valence-electron chi connectivity index (χ0n) is 7.98. The van der Waals surface area contributed by atoms with E-state index in [-0.39, 0.29) is 12.4 Å². The SMILES string of the molecule is COC(=O)Cc1ncc2ccc(Br)n2n1. The first-order valence-corrected chi connectivity index (χ1v) is 5.06.